The number of carbonyl (C=O) groups excluding carboxylic acids is 1. The maximum Gasteiger partial charge on any atom is 0.462 e. The molecule has 0 fully saturated rings. The summed E-state index contributed by atoms with van der Waals surface area (Å²) in [6.07, 6.45) is -38.7. The van der Waals surface area contributed by atoms with E-state index in [9.17, 15) is 79.4 Å². The second kappa shape index (κ2) is 9.56. The average Bonchev–Trinajstić information content (AvgIpc) is 2.63. The number of benzene rings is 1. The van der Waals surface area contributed by atoms with Crippen molar-refractivity contribution in [3.63, 3.8) is 0 Å². The van der Waals surface area contributed by atoms with Crippen molar-refractivity contribution in [2.45, 2.75) is 62.2 Å². The molecule has 0 aliphatic heterocycles. The van der Waals surface area contributed by atoms with Crippen molar-refractivity contribution in [3.05, 3.63) is 29.3 Å². The monoisotopic (exact) mass is 600 g/mol. The number of carbonyl (C=O) groups is 1. The van der Waals surface area contributed by atoms with Crippen molar-refractivity contribution in [3.8, 4) is 5.75 Å². The summed E-state index contributed by atoms with van der Waals surface area (Å²) < 4.78 is 230. The normalized spacial score (nSPS) is 17.6. The first-order valence-electron chi connectivity index (χ1n) is 8.87. The summed E-state index contributed by atoms with van der Waals surface area (Å²) in [5.41, 5.74) is 0.0770. The molecular weight excluding hydrogens is 591 g/mol. The zero-order chi connectivity index (χ0) is 30.6. The number of halogens is 17. The molecule has 4 nitrogen and oxygen atoms in total. The first-order chi connectivity index (χ1) is 16.5. The Morgan fingerprint density at radius 1 is 0.579 bits per heavy atom. The third-order valence-corrected chi connectivity index (χ3v) is 4.03. The van der Waals surface area contributed by atoms with Gasteiger partial charge < -0.3 is 4.74 Å². The SMILES string of the molecule is Cc1cc(C)cc(OC(=O)[C@](F)(OC(F)(F)[C@](F)(OC(F)(F)C(F)(F)C(F)(F)F)C(F)(F)F)C(F)(F)F)c1. The quantitative estimate of drug-likeness (QED) is 0.182. The Kier molecular flexibility index (Phi) is 8.41. The van der Waals surface area contributed by atoms with E-state index in [0.29, 0.717) is 12.1 Å². The zero-order valence-corrected chi connectivity index (χ0v) is 17.8. The highest BCUT2D eigenvalue weighted by molar-refractivity contribution is 5.81. The van der Waals surface area contributed by atoms with Crippen molar-refractivity contribution in [2.75, 3.05) is 0 Å². The highest BCUT2D eigenvalue weighted by atomic mass is 19.4. The lowest BCUT2D eigenvalue weighted by Crippen LogP contribution is -2.68. The Hall–Kier alpha value is -2.58. The van der Waals surface area contributed by atoms with Crippen molar-refractivity contribution in [1.29, 1.82) is 0 Å². The number of esters is 1. The number of alkyl halides is 17. The molecule has 21 heteroatoms. The van der Waals surface area contributed by atoms with Crippen molar-refractivity contribution in [1.82, 2.24) is 0 Å². The fourth-order valence-electron chi connectivity index (χ4n) is 2.31. The Balaban J connectivity index is 3.65. The summed E-state index contributed by atoms with van der Waals surface area (Å²) in [6.45, 7) is 2.35. The molecule has 1 aromatic rings. The Bertz CT molecular complexity index is 1010. The molecule has 0 aliphatic carbocycles. The molecule has 0 saturated heterocycles. The lowest BCUT2D eigenvalue weighted by molar-refractivity contribution is -0.548. The lowest BCUT2D eigenvalue weighted by atomic mass is 10.1. The zero-order valence-electron chi connectivity index (χ0n) is 17.8. The molecule has 0 heterocycles. The fourth-order valence-corrected chi connectivity index (χ4v) is 2.31. The second-order valence-corrected chi connectivity index (χ2v) is 7.21. The van der Waals surface area contributed by atoms with E-state index in [1.54, 1.807) is 0 Å². The van der Waals surface area contributed by atoms with Crippen molar-refractivity contribution < 1.29 is 93.6 Å². The van der Waals surface area contributed by atoms with Gasteiger partial charge in [0, 0.05) is 0 Å². The van der Waals surface area contributed by atoms with Crippen LogP contribution < -0.4 is 4.74 Å². The van der Waals surface area contributed by atoms with Crippen LogP contribution in [0, 0.1) is 13.8 Å². The molecule has 1 rings (SSSR count). The van der Waals surface area contributed by atoms with Crippen LogP contribution in [0.4, 0.5) is 74.6 Å². The molecule has 0 bridgehead atoms. The van der Waals surface area contributed by atoms with Gasteiger partial charge in [0.25, 0.3) is 0 Å². The number of hydrogen-bond donors (Lipinski definition) is 0. The second-order valence-electron chi connectivity index (χ2n) is 7.21. The molecule has 220 valence electrons. The summed E-state index contributed by atoms with van der Waals surface area (Å²) >= 11 is 0. The van der Waals surface area contributed by atoms with Crippen LogP contribution in [0.15, 0.2) is 18.2 Å². The smallest absolute Gasteiger partial charge is 0.422 e. The van der Waals surface area contributed by atoms with Gasteiger partial charge >= 0.3 is 54.3 Å². The van der Waals surface area contributed by atoms with Crippen LogP contribution in [0.2, 0.25) is 0 Å². The summed E-state index contributed by atoms with van der Waals surface area (Å²) in [5.74, 6) is -27.7. The molecule has 0 N–H and O–H groups in total. The Labute approximate surface area is 198 Å². The van der Waals surface area contributed by atoms with Crippen LogP contribution in [0.3, 0.4) is 0 Å². The van der Waals surface area contributed by atoms with Gasteiger partial charge in [-0.2, -0.15) is 74.6 Å². The third kappa shape index (κ3) is 6.01. The van der Waals surface area contributed by atoms with Gasteiger partial charge in [-0.05, 0) is 37.1 Å². The van der Waals surface area contributed by atoms with Gasteiger partial charge in [0.2, 0.25) is 0 Å². The summed E-state index contributed by atoms with van der Waals surface area (Å²) in [4.78, 5) is 11.7. The van der Waals surface area contributed by atoms with E-state index in [2.05, 4.69) is 4.74 Å². The van der Waals surface area contributed by atoms with E-state index in [4.69, 9.17) is 0 Å². The van der Waals surface area contributed by atoms with Crippen molar-refractivity contribution in [2.24, 2.45) is 0 Å². The molecule has 0 aliphatic rings. The summed E-state index contributed by atoms with van der Waals surface area (Å²) in [6, 6.07) is 2.49. The van der Waals surface area contributed by atoms with Gasteiger partial charge in [0.1, 0.15) is 5.75 Å². The maximum atomic E-state index is 14.4. The minimum atomic E-state index is -8.08. The molecular formula is C17H9F17O4. The first kappa shape index (κ1) is 33.4. The minimum absolute atomic E-state index is 0.0385. The molecule has 0 unspecified atom stereocenters. The molecule has 0 radical (unpaired) electrons. The first-order valence-corrected chi connectivity index (χ1v) is 8.87. The third-order valence-electron chi connectivity index (χ3n) is 4.03. The minimum Gasteiger partial charge on any atom is -0.422 e. The van der Waals surface area contributed by atoms with Crippen molar-refractivity contribution >= 4 is 5.97 Å². The molecule has 38 heavy (non-hydrogen) atoms. The molecule has 0 aromatic heterocycles. The molecule has 2 atom stereocenters. The predicted molar refractivity (Wildman–Crippen MR) is 84.4 cm³/mol. The van der Waals surface area contributed by atoms with Gasteiger partial charge in [-0.1, -0.05) is 6.07 Å². The molecule has 0 saturated carbocycles. The van der Waals surface area contributed by atoms with Gasteiger partial charge in [-0.25, -0.2) is 4.79 Å². The van der Waals surface area contributed by atoms with Crippen LogP contribution in [-0.4, -0.2) is 54.3 Å². The Morgan fingerprint density at radius 2 is 1.00 bits per heavy atom. The topological polar surface area (TPSA) is 44.8 Å². The van der Waals surface area contributed by atoms with E-state index in [1.807, 2.05) is 4.74 Å². The summed E-state index contributed by atoms with van der Waals surface area (Å²) in [5, 5.41) is 0. The highest BCUT2D eigenvalue weighted by Crippen LogP contribution is 2.56. The van der Waals surface area contributed by atoms with E-state index >= 15 is 0 Å². The highest BCUT2D eigenvalue weighted by Gasteiger charge is 2.85. The van der Waals surface area contributed by atoms with E-state index in [-0.39, 0.29) is 11.1 Å². The predicted octanol–water partition coefficient (Wildman–Crippen LogP) is 7.08. The largest absolute Gasteiger partial charge is 0.462 e. The number of ether oxygens (including phenoxy) is 3. The molecule has 0 amide bonds. The van der Waals surface area contributed by atoms with Crippen LogP contribution in [-0.2, 0) is 14.3 Å². The van der Waals surface area contributed by atoms with Gasteiger partial charge in [-0.3, -0.25) is 9.47 Å². The van der Waals surface area contributed by atoms with Gasteiger partial charge in [0.15, 0.2) is 0 Å². The van der Waals surface area contributed by atoms with Crippen LogP contribution in [0.25, 0.3) is 0 Å². The number of rotatable bonds is 8. The lowest BCUT2D eigenvalue weighted by Gasteiger charge is -2.39. The number of aryl methyl sites for hydroxylation is 2. The van der Waals surface area contributed by atoms with Gasteiger partial charge in [-0.15, -0.1) is 0 Å². The van der Waals surface area contributed by atoms with E-state index in [1.165, 1.54) is 24.7 Å². The molecule has 0 spiro atoms. The van der Waals surface area contributed by atoms with E-state index < -0.39 is 60.1 Å². The average molecular weight is 600 g/mol. The standard InChI is InChI=1S/C17H9F17O4/c1-6-3-7(2)5-8(4-6)36-9(35)10(18,13(22,23)24)37-17(33,34)12(21,15(28,29)30)38-16(31,32)11(19,20)14(25,26)27/h3-5H,1-2H3/t10-,12+/m0/s1. The number of hydrogen-bond acceptors (Lipinski definition) is 4. The van der Waals surface area contributed by atoms with E-state index in [0.717, 1.165) is 0 Å². The maximum absolute atomic E-state index is 14.4. The summed E-state index contributed by atoms with van der Waals surface area (Å²) in [7, 11) is 0. The van der Waals surface area contributed by atoms with Crippen LogP contribution >= 0.6 is 0 Å². The fraction of sp³-hybridized carbons (Fsp3) is 0.588. The Morgan fingerprint density at radius 3 is 1.34 bits per heavy atom. The van der Waals surface area contributed by atoms with Gasteiger partial charge in [0.05, 0.1) is 0 Å². The van der Waals surface area contributed by atoms with Crippen LogP contribution in [0.5, 0.6) is 5.75 Å². The molecule has 1 aromatic carbocycles. The van der Waals surface area contributed by atoms with Crippen LogP contribution in [0.1, 0.15) is 11.1 Å².